The van der Waals surface area contributed by atoms with Crippen LogP contribution in [0.5, 0.6) is 0 Å². The molecule has 1 aromatic heterocycles. The van der Waals surface area contributed by atoms with Crippen LogP contribution in [0.25, 0.3) is 49.0 Å². The summed E-state index contributed by atoms with van der Waals surface area (Å²) in [4.78, 5) is 0. The number of nitrogens with zero attached hydrogens (tertiary/aromatic N) is 1. The van der Waals surface area contributed by atoms with Crippen molar-refractivity contribution >= 4 is 49.0 Å². The van der Waals surface area contributed by atoms with E-state index in [1.165, 1.54) is 71.4 Å². The second kappa shape index (κ2) is 7.49. The first kappa shape index (κ1) is 20.5. The third kappa shape index (κ3) is 2.67. The number of aryl methyl sites for hydroxylation is 1. The third-order valence-electron chi connectivity index (χ3n) is 9.02. The summed E-state index contributed by atoms with van der Waals surface area (Å²) in [5, 5.41) is 11.9. The van der Waals surface area contributed by atoms with E-state index in [9.17, 15) is 0 Å². The third-order valence-corrected chi connectivity index (χ3v) is 9.02. The fraction of sp³-hybridized carbons (Fsp3) is 0.111. The number of rotatable bonds is 1. The Labute approximate surface area is 221 Å². The average molecular weight is 487 g/mol. The van der Waals surface area contributed by atoms with E-state index in [1.807, 2.05) is 0 Å². The van der Waals surface area contributed by atoms with Gasteiger partial charge >= 0.3 is 0 Å². The molecule has 7 aromatic rings. The number of hydrogen-bond donors (Lipinski definition) is 1. The fourth-order valence-electron chi connectivity index (χ4n) is 7.37. The van der Waals surface area contributed by atoms with Gasteiger partial charge in [-0.25, -0.2) is 0 Å². The van der Waals surface area contributed by atoms with E-state index < -0.39 is 0 Å². The minimum Gasteiger partial charge on any atom is -0.379 e. The Morgan fingerprint density at radius 3 is 2.37 bits per heavy atom. The maximum absolute atomic E-state index is 4.06. The number of nitrogens with one attached hydrogen (secondary N) is 1. The summed E-state index contributed by atoms with van der Waals surface area (Å²) < 4.78 is 2.51. The maximum Gasteiger partial charge on any atom is 0.0776 e. The Morgan fingerprint density at radius 1 is 0.632 bits per heavy atom. The molecule has 0 saturated carbocycles. The number of benzene rings is 6. The highest BCUT2D eigenvalue weighted by molar-refractivity contribution is 6.23. The van der Waals surface area contributed by atoms with Crippen LogP contribution in [0.4, 0.5) is 5.69 Å². The molecule has 0 fully saturated rings. The van der Waals surface area contributed by atoms with Crippen molar-refractivity contribution in [3.8, 4) is 5.69 Å². The highest BCUT2D eigenvalue weighted by atomic mass is 15.0. The molecule has 2 unspecified atom stereocenters. The lowest BCUT2D eigenvalue weighted by atomic mass is 9.78. The van der Waals surface area contributed by atoms with Gasteiger partial charge in [0.05, 0.1) is 16.7 Å². The van der Waals surface area contributed by atoms with Crippen molar-refractivity contribution in [1.82, 2.24) is 4.57 Å². The predicted octanol–water partition coefficient (Wildman–Crippen LogP) is 8.96. The molecule has 2 heterocycles. The van der Waals surface area contributed by atoms with Crippen LogP contribution < -0.4 is 5.32 Å². The molecule has 1 N–H and O–H groups in total. The van der Waals surface area contributed by atoms with Crippen molar-refractivity contribution < 1.29 is 0 Å². The van der Waals surface area contributed by atoms with E-state index in [0.717, 1.165) is 12.8 Å². The zero-order chi connectivity index (χ0) is 24.8. The van der Waals surface area contributed by atoms with Crippen molar-refractivity contribution in [1.29, 1.82) is 0 Å². The summed E-state index contributed by atoms with van der Waals surface area (Å²) in [6, 6.07) is 43.2. The van der Waals surface area contributed by atoms with Gasteiger partial charge in [-0.1, -0.05) is 97.1 Å². The summed E-state index contributed by atoms with van der Waals surface area (Å²) in [7, 11) is 0. The number of aromatic nitrogens is 1. The van der Waals surface area contributed by atoms with E-state index in [-0.39, 0.29) is 0 Å². The van der Waals surface area contributed by atoms with Crippen LogP contribution in [-0.2, 0) is 6.42 Å². The Balaban J connectivity index is 1.42. The molecule has 2 aliphatic rings. The molecular weight excluding hydrogens is 460 g/mol. The van der Waals surface area contributed by atoms with Gasteiger partial charge in [0.15, 0.2) is 0 Å². The first-order chi connectivity index (χ1) is 18.8. The smallest absolute Gasteiger partial charge is 0.0776 e. The van der Waals surface area contributed by atoms with Gasteiger partial charge in [-0.2, -0.15) is 0 Å². The molecule has 2 nitrogen and oxygen atoms in total. The van der Waals surface area contributed by atoms with Gasteiger partial charge in [-0.05, 0) is 69.3 Å². The molecule has 0 spiro atoms. The highest BCUT2D eigenvalue weighted by Crippen LogP contribution is 2.51. The van der Waals surface area contributed by atoms with E-state index in [4.69, 9.17) is 0 Å². The van der Waals surface area contributed by atoms with Crippen LogP contribution in [0, 0.1) is 0 Å². The normalized spacial score (nSPS) is 18.0. The summed E-state index contributed by atoms with van der Waals surface area (Å²) in [5.74, 6) is 0.402. The average Bonchev–Trinajstić information content (AvgIpc) is 3.53. The Bertz CT molecular complexity index is 2080. The molecule has 0 bridgehead atoms. The molecule has 180 valence electrons. The van der Waals surface area contributed by atoms with Gasteiger partial charge in [0.1, 0.15) is 0 Å². The van der Waals surface area contributed by atoms with Gasteiger partial charge in [0.2, 0.25) is 0 Å². The predicted molar refractivity (Wildman–Crippen MR) is 160 cm³/mol. The quantitative estimate of drug-likeness (QED) is 0.245. The van der Waals surface area contributed by atoms with Gasteiger partial charge < -0.3 is 9.88 Å². The molecule has 0 amide bonds. The lowest BCUT2D eigenvalue weighted by Gasteiger charge is -2.28. The first-order valence-corrected chi connectivity index (χ1v) is 13.7. The van der Waals surface area contributed by atoms with Gasteiger partial charge in [0, 0.05) is 28.4 Å². The van der Waals surface area contributed by atoms with Crippen LogP contribution in [0.2, 0.25) is 0 Å². The molecular formula is C36H26N2. The summed E-state index contributed by atoms with van der Waals surface area (Å²) in [6.07, 6.45) is 2.30. The lowest BCUT2D eigenvalue weighted by molar-refractivity contribution is 0.574. The molecule has 6 aromatic carbocycles. The van der Waals surface area contributed by atoms with Crippen molar-refractivity contribution in [2.24, 2.45) is 0 Å². The zero-order valence-corrected chi connectivity index (χ0v) is 21.0. The minimum atomic E-state index is 0.402. The van der Waals surface area contributed by atoms with Crippen LogP contribution in [0.3, 0.4) is 0 Å². The fourth-order valence-corrected chi connectivity index (χ4v) is 7.37. The van der Waals surface area contributed by atoms with Crippen LogP contribution >= 0.6 is 0 Å². The van der Waals surface area contributed by atoms with Crippen molar-refractivity contribution in [3.05, 3.63) is 132 Å². The van der Waals surface area contributed by atoms with E-state index in [0.29, 0.717) is 12.0 Å². The molecule has 9 rings (SSSR count). The lowest BCUT2D eigenvalue weighted by Crippen LogP contribution is -2.27. The molecule has 0 saturated heterocycles. The van der Waals surface area contributed by atoms with E-state index >= 15 is 0 Å². The topological polar surface area (TPSA) is 17.0 Å². The molecule has 1 aliphatic heterocycles. The SMILES string of the molecule is c1ccc2c(c1)CCC1Nc3c(ccc4c5c6ccccc6ccc5n(-c5ccc6ccccc6c5)c34)C21. The molecule has 2 atom stereocenters. The summed E-state index contributed by atoms with van der Waals surface area (Å²) in [5.41, 5.74) is 9.52. The number of fused-ring (bicyclic) bond motifs is 12. The van der Waals surface area contributed by atoms with Crippen molar-refractivity contribution in [2.75, 3.05) is 5.32 Å². The standard InChI is InChI=1S/C36H26N2/c1-2-10-25-21-26(16-13-22(25)7-1)38-32-20-15-24-9-4-6-12-28(24)34(32)30-18-17-29-33-27-11-5-3-8-23(27)14-19-31(33)37-35(29)36(30)38/h1-13,15-18,20-21,31,33,37H,14,19H2. The first-order valence-electron chi connectivity index (χ1n) is 13.7. The van der Waals surface area contributed by atoms with E-state index in [1.54, 1.807) is 0 Å². The van der Waals surface area contributed by atoms with E-state index in [2.05, 4.69) is 125 Å². The second-order valence-electron chi connectivity index (χ2n) is 10.9. The Kier molecular flexibility index (Phi) is 4.04. The minimum absolute atomic E-state index is 0.402. The molecule has 2 heteroatoms. The summed E-state index contributed by atoms with van der Waals surface area (Å²) >= 11 is 0. The van der Waals surface area contributed by atoms with Gasteiger partial charge in [-0.15, -0.1) is 0 Å². The van der Waals surface area contributed by atoms with Crippen LogP contribution in [0.15, 0.2) is 115 Å². The van der Waals surface area contributed by atoms with Gasteiger partial charge in [0.25, 0.3) is 0 Å². The number of hydrogen-bond acceptors (Lipinski definition) is 1. The molecule has 38 heavy (non-hydrogen) atoms. The second-order valence-corrected chi connectivity index (χ2v) is 10.9. The largest absolute Gasteiger partial charge is 0.379 e. The molecule has 0 radical (unpaired) electrons. The number of anilines is 1. The Hall–Kier alpha value is -4.56. The zero-order valence-electron chi connectivity index (χ0n) is 21.0. The van der Waals surface area contributed by atoms with Gasteiger partial charge in [-0.3, -0.25) is 0 Å². The monoisotopic (exact) mass is 486 g/mol. The maximum atomic E-state index is 4.06. The molecule has 1 aliphatic carbocycles. The Morgan fingerprint density at radius 2 is 1.42 bits per heavy atom. The van der Waals surface area contributed by atoms with Crippen LogP contribution in [0.1, 0.15) is 29.0 Å². The van der Waals surface area contributed by atoms with Crippen molar-refractivity contribution in [2.45, 2.75) is 24.8 Å². The van der Waals surface area contributed by atoms with Crippen molar-refractivity contribution in [3.63, 3.8) is 0 Å². The summed E-state index contributed by atoms with van der Waals surface area (Å²) in [6.45, 7) is 0. The van der Waals surface area contributed by atoms with Crippen LogP contribution in [-0.4, -0.2) is 10.6 Å². The highest BCUT2D eigenvalue weighted by Gasteiger charge is 2.39.